The summed E-state index contributed by atoms with van der Waals surface area (Å²) in [6.07, 6.45) is 0. The molecule has 0 heterocycles. The molecule has 0 radical (unpaired) electrons. The van der Waals surface area contributed by atoms with Crippen LogP contribution in [0.25, 0.3) is 0 Å². The van der Waals surface area contributed by atoms with Crippen molar-refractivity contribution in [3.05, 3.63) is 35.9 Å². The van der Waals surface area contributed by atoms with E-state index in [0.29, 0.717) is 12.4 Å². The minimum Gasteiger partial charge on any atom is -0.389 e. The molecule has 0 saturated carbocycles. The van der Waals surface area contributed by atoms with Gasteiger partial charge < -0.3 is 10.8 Å². The molecule has 1 aromatic rings. The summed E-state index contributed by atoms with van der Waals surface area (Å²) in [6, 6.07) is 9.52. The van der Waals surface area contributed by atoms with Crippen LogP contribution in [0.15, 0.2) is 35.3 Å². The second kappa shape index (κ2) is 4.24. The maximum atomic E-state index is 9.45. The first-order valence-electron chi connectivity index (χ1n) is 4.57. The van der Waals surface area contributed by atoms with Crippen molar-refractivity contribution in [3.8, 4) is 0 Å². The molecule has 0 aromatic heterocycles. The van der Waals surface area contributed by atoms with E-state index in [9.17, 15) is 5.11 Å². The van der Waals surface area contributed by atoms with Crippen molar-refractivity contribution in [2.75, 3.05) is 6.54 Å². The van der Waals surface area contributed by atoms with Crippen LogP contribution in [-0.2, 0) is 0 Å². The predicted octanol–water partition coefficient (Wildman–Crippen LogP) is 1.16. The van der Waals surface area contributed by atoms with Gasteiger partial charge in [-0.05, 0) is 13.8 Å². The molecular weight excluding hydrogens is 176 g/mol. The lowest BCUT2D eigenvalue weighted by molar-refractivity contribution is 0.0904. The number of benzene rings is 1. The van der Waals surface area contributed by atoms with E-state index in [1.807, 2.05) is 30.3 Å². The molecule has 0 spiro atoms. The van der Waals surface area contributed by atoms with Gasteiger partial charge in [-0.1, -0.05) is 30.3 Å². The highest BCUT2D eigenvalue weighted by Gasteiger charge is 2.11. The normalized spacial score (nSPS) is 12.9. The second-order valence-corrected chi connectivity index (χ2v) is 3.88. The number of nitrogens with two attached hydrogens (primary N) is 1. The SMILES string of the molecule is CC(C)(O)CN=C(N)c1ccccc1. The number of hydrogen-bond acceptors (Lipinski definition) is 2. The zero-order valence-electron chi connectivity index (χ0n) is 8.57. The van der Waals surface area contributed by atoms with Crippen LogP contribution < -0.4 is 5.73 Å². The maximum absolute atomic E-state index is 9.45. The average molecular weight is 192 g/mol. The standard InChI is InChI=1S/C11H16N2O/c1-11(2,14)8-13-10(12)9-6-4-3-5-7-9/h3-7,14H,8H2,1-2H3,(H2,12,13). The van der Waals surface area contributed by atoms with Crippen molar-refractivity contribution in [2.24, 2.45) is 10.7 Å². The molecule has 3 heteroatoms. The Morgan fingerprint density at radius 1 is 1.36 bits per heavy atom. The van der Waals surface area contributed by atoms with Crippen LogP contribution in [0, 0.1) is 0 Å². The van der Waals surface area contributed by atoms with Gasteiger partial charge in [-0.2, -0.15) is 0 Å². The Balaban J connectivity index is 2.71. The van der Waals surface area contributed by atoms with E-state index < -0.39 is 5.60 Å². The van der Waals surface area contributed by atoms with E-state index in [-0.39, 0.29) is 0 Å². The van der Waals surface area contributed by atoms with Crippen LogP contribution in [0.5, 0.6) is 0 Å². The van der Waals surface area contributed by atoms with E-state index in [1.54, 1.807) is 13.8 Å². The fourth-order valence-corrected chi connectivity index (χ4v) is 0.979. The lowest BCUT2D eigenvalue weighted by atomic mass is 10.1. The maximum Gasteiger partial charge on any atom is 0.125 e. The fraction of sp³-hybridized carbons (Fsp3) is 0.364. The number of rotatable bonds is 3. The van der Waals surface area contributed by atoms with E-state index >= 15 is 0 Å². The molecule has 0 unspecified atom stereocenters. The third-order valence-corrected chi connectivity index (χ3v) is 1.71. The van der Waals surface area contributed by atoms with Gasteiger partial charge in [0.1, 0.15) is 5.84 Å². The summed E-state index contributed by atoms with van der Waals surface area (Å²) in [4.78, 5) is 4.11. The number of amidine groups is 1. The van der Waals surface area contributed by atoms with Gasteiger partial charge in [0.2, 0.25) is 0 Å². The first-order valence-corrected chi connectivity index (χ1v) is 4.57. The molecule has 14 heavy (non-hydrogen) atoms. The molecule has 0 aliphatic rings. The largest absolute Gasteiger partial charge is 0.389 e. The molecular formula is C11H16N2O. The predicted molar refractivity (Wildman–Crippen MR) is 58.3 cm³/mol. The number of nitrogens with zero attached hydrogens (tertiary/aromatic N) is 1. The summed E-state index contributed by atoms with van der Waals surface area (Å²) in [5, 5.41) is 9.45. The van der Waals surface area contributed by atoms with Gasteiger partial charge in [0, 0.05) is 5.56 Å². The van der Waals surface area contributed by atoms with Crippen LogP contribution in [0.2, 0.25) is 0 Å². The highest BCUT2D eigenvalue weighted by molar-refractivity contribution is 5.97. The van der Waals surface area contributed by atoms with Crippen molar-refractivity contribution < 1.29 is 5.11 Å². The molecule has 0 atom stereocenters. The van der Waals surface area contributed by atoms with Crippen LogP contribution in [-0.4, -0.2) is 23.1 Å². The summed E-state index contributed by atoms with van der Waals surface area (Å²) in [6.45, 7) is 3.72. The topological polar surface area (TPSA) is 58.6 Å². The van der Waals surface area contributed by atoms with Gasteiger partial charge in [-0.3, -0.25) is 4.99 Å². The monoisotopic (exact) mass is 192 g/mol. The number of aliphatic imine (C=N–C) groups is 1. The number of hydrogen-bond donors (Lipinski definition) is 2. The Kier molecular flexibility index (Phi) is 3.25. The highest BCUT2D eigenvalue weighted by Crippen LogP contribution is 2.03. The highest BCUT2D eigenvalue weighted by atomic mass is 16.3. The van der Waals surface area contributed by atoms with Crippen molar-refractivity contribution in [3.63, 3.8) is 0 Å². The molecule has 3 nitrogen and oxygen atoms in total. The quantitative estimate of drug-likeness (QED) is 0.557. The zero-order valence-corrected chi connectivity index (χ0v) is 8.57. The van der Waals surface area contributed by atoms with Gasteiger partial charge in [0.25, 0.3) is 0 Å². The van der Waals surface area contributed by atoms with Crippen molar-refractivity contribution >= 4 is 5.84 Å². The molecule has 0 aliphatic heterocycles. The van der Waals surface area contributed by atoms with Crippen LogP contribution in [0.4, 0.5) is 0 Å². The van der Waals surface area contributed by atoms with Gasteiger partial charge in [-0.25, -0.2) is 0 Å². The third-order valence-electron chi connectivity index (χ3n) is 1.71. The Labute approximate surface area is 84.3 Å². The van der Waals surface area contributed by atoms with Gasteiger partial charge in [0.15, 0.2) is 0 Å². The van der Waals surface area contributed by atoms with Crippen LogP contribution >= 0.6 is 0 Å². The van der Waals surface area contributed by atoms with E-state index in [0.717, 1.165) is 5.56 Å². The van der Waals surface area contributed by atoms with Crippen molar-refractivity contribution in [2.45, 2.75) is 19.4 Å². The third kappa shape index (κ3) is 3.58. The Morgan fingerprint density at radius 3 is 2.43 bits per heavy atom. The minimum atomic E-state index is -0.806. The van der Waals surface area contributed by atoms with E-state index in [4.69, 9.17) is 5.73 Å². The molecule has 76 valence electrons. The Morgan fingerprint density at radius 2 is 1.93 bits per heavy atom. The van der Waals surface area contributed by atoms with Crippen LogP contribution in [0.1, 0.15) is 19.4 Å². The summed E-state index contributed by atoms with van der Waals surface area (Å²) in [5.74, 6) is 0.465. The lowest BCUT2D eigenvalue weighted by Gasteiger charge is -2.13. The fourth-order valence-electron chi connectivity index (χ4n) is 0.979. The summed E-state index contributed by atoms with van der Waals surface area (Å²) in [5.41, 5.74) is 5.82. The first-order chi connectivity index (χ1) is 6.49. The van der Waals surface area contributed by atoms with E-state index in [2.05, 4.69) is 4.99 Å². The molecule has 0 amide bonds. The zero-order chi connectivity index (χ0) is 10.6. The van der Waals surface area contributed by atoms with Gasteiger partial charge in [0.05, 0.1) is 12.1 Å². The van der Waals surface area contributed by atoms with E-state index in [1.165, 1.54) is 0 Å². The smallest absolute Gasteiger partial charge is 0.125 e. The van der Waals surface area contributed by atoms with Gasteiger partial charge in [-0.15, -0.1) is 0 Å². The summed E-state index contributed by atoms with van der Waals surface area (Å²) >= 11 is 0. The van der Waals surface area contributed by atoms with Crippen molar-refractivity contribution in [1.29, 1.82) is 0 Å². The second-order valence-electron chi connectivity index (χ2n) is 3.88. The Bertz CT molecular complexity index is 312. The molecule has 1 aromatic carbocycles. The summed E-state index contributed by atoms with van der Waals surface area (Å²) < 4.78 is 0. The number of aliphatic hydroxyl groups is 1. The average Bonchev–Trinajstić information content (AvgIpc) is 2.14. The molecule has 0 saturated heterocycles. The van der Waals surface area contributed by atoms with Crippen LogP contribution in [0.3, 0.4) is 0 Å². The molecule has 0 fully saturated rings. The molecule has 3 N–H and O–H groups in total. The molecule has 0 aliphatic carbocycles. The Hall–Kier alpha value is -1.35. The summed E-state index contributed by atoms with van der Waals surface area (Å²) in [7, 11) is 0. The first kappa shape index (κ1) is 10.7. The lowest BCUT2D eigenvalue weighted by Crippen LogP contribution is -2.25. The molecule has 1 rings (SSSR count). The minimum absolute atomic E-state index is 0.313. The molecule has 0 bridgehead atoms. The van der Waals surface area contributed by atoms with Gasteiger partial charge >= 0.3 is 0 Å². The van der Waals surface area contributed by atoms with Crippen molar-refractivity contribution in [1.82, 2.24) is 0 Å².